The van der Waals surface area contributed by atoms with Gasteiger partial charge >= 0.3 is 6.18 Å². The number of halogens is 3. The third-order valence-corrected chi connectivity index (χ3v) is 4.49. The highest BCUT2D eigenvalue weighted by Crippen LogP contribution is 2.35. The average molecular weight is 349 g/mol. The van der Waals surface area contributed by atoms with E-state index in [2.05, 4.69) is 10.1 Å². The Morgan fingerprint density at radius 3 is 2.75 bits per heavy atom. The van der Waals surface area contributed by atoms with E-state index in [0.29, 0.717) is 17.2 Å². The molecule has 8 heteroatoms. The van der Waals surface area contributed by atoms with E-state index in [1.807, 2.05) is 17.5 Å². The predicted octanol–water partition coefficient (Wildman–Crippen LogP) is 4.82. The van der Waals surface area contributed by atoms with Crippen LogP contribution in [0.4, 0.5) is 13.2 Å². The number of nitrogens with zero attached hydrogens (tertiary/aromatic N) is 3. The third kappa shape index (κ3) is 2.58. The third-order valence-electron chi connectivity index (χ3n) is 3.63. The topological polar surface area (TPSA) is 43.9 Å². The van der Waals surface area contributed by atoms with E-state index in [1.165, 1.54) is 23.5 Å². The van der Waals surface area contributed by atoms with Crippen LogP contribution >= 0.6 is 11.3 Å². The SMILES string of the molecule is FC(F)(F)c1cccc2c1ccn2Cc1noc(-c2cccs2)n1. The minimum Gasteiger partial charge on any atom is -0.340 e. The van der Waals surface area contributed by atoms with E-state index in [0.717, 1.165) is 10.9 Å². The van der Waals surface area contributed by atoms with Crippen molar-refractivity contribution < 1.29 is 17.7 Å². The smallest absolute Gasteiger partial charge is 0.340 e. The fourth-order valence-electron chi connectivity index (χ4n) is 2.58. The number of rotatable bonds is 3. The summed E-state index contributed by atoms with van der Waals surface area (Å²) in [6.45, 7) is 0.236. The molecule has 0 aliphatic carbocycles. The van der Waals surface area contributed by atoms with Gasteiger partial charge in [-0.3, -0.25) is 0 Å². The Morgan fingerprint density at radius 2 is 2.00 bits per heavy atom. The maximum absolute atomic E-state index is 13.1. The van der Waals surface area contributed by atoms with Crippen LogP contribution in [0, 0.1) is 0 Å². The maximum atomic E-state index is 13.1. The number of benzene rings is 1. The van der Waals surface area contributed by atoms with Gasteiger partial charge in [-0.15, -0.1) is 11.3 Å². The molecule has 0 saturated carbocycles. The van der Waals surface area contributed by atoms with Crippen LogP contribution in [-0.2, 0) is 12.7 Å². The van der Waals surface area contributed by atoms with Gasteiger partial charge < -0.3 is 9.09 Å². The van der Waals surface area contributed by atoms with Crippen LogP contribution in [0.2, 0.25) is 0 Å². The summed E-state index contributed by atoms with van der Waals surface area (Å²) in [4.78, 5) is 5.15. The fourth-order valence-corrected chi connectivity index (χ4v) is 3.22. The number of hydrogen-bond acceptors (Lipinski definition) is 4. The molecule has 0 unspecified atom stereocenters. The van der Waals surface area contributed by atoms with Crippen molar-refractivity contribution in [3.05, 3.63) is 59.4 Å². The number of hydrogen-bond donors (Lipinski definition) is 0. The Bertz CT molecular complexity index is 986. The molecule has 0 fully saturated rings. The van der Waals surface area contributed by atoms with Crippen LogP contribution in [0.3, 0.4) is 0 Å². The summed E-state index contributed by atoms with van der Waals surface area (Å²) in [6.07, 6.45) is -2.79. The van der Waals surface area contributed by atoms with Gasteiger partial charge in [-0.1, -0.05) is 17.3 Å². The lowest BCUT2D eigenvalue weighted by Gasteiger charge is -2.08. The lowest BCUT2D eigenvalue weighted by Crippen LogP contribution is -2.05. The molecule has 4 nitrogen and oxygen atoms in total. The Kier molecular flexibility index (Phi) is 3.42. The first-order chi connectivity index (χ1) is 11.5. The minimum atomic E-state index is -4.38. The van der Waals surface area contributed by atoms with Crippen LogP contribution in [0.1, 0.15) is 11.4 Å². The minimum absolute atomic E-state index is 0.159. The lowest BCUT2D eigenvalue weighted by atomic mass is 10.1. The second-order valence-corrected chi connectivity index (χ2v) is 6.12. The molecule has 1 aromatic carbocycles. The molecule has 0 spiro atoms. The highest BCUT2D eigenvalue weighted by Gasteiger charge is 2.32. The Morgan fingerprint density at radius 1 is 1.12 bits per heavy atom. The predicted molar refractivity (Wildman–Crippen MR) is 83.7 cm³/mol. The molecule has 3 heterocycles. The first kappa shape index (κ1) is 14.9. The first-order valence-electron chi connectivity index (χ1n) is 7.04. The van der Waals surface area contributed by atoms with Crippen molar-refractivity contribution >= 4 is 22.2 Å². The van der Waals surface area contributed by atoms with Gasteiger partial charge in [0, 0.05) is 17.1 Å². The molecule has 122 valence electrons. The highest BCUT2D eigenvalue weighted by molar-refractivity contribution is 7.13. The van der Waals surface area contributed by atoms with E-state index in [-0.39, 0.29) is 11.9 Å². The fraction of sp³-hybridized carbons (Fsp3) is 0.125. The van der Waals surface area contributed by atoms with Gasteiger partial charge in [-0.25, -0.2) is 0 Å². The Balaban J connectivity index is 1.68. The van der Waals surface area contributed by atoms with Crippen LogP contribution in [0.15, 0.2) is 52.5 Å². The quantitative estimate of drug-likeness (QED) is 0.533. The molecule has 0 radical (unpaired) electrons. The number of fused-ring (bicyclic) bond motifs is 1. The lowest BCUT2D eigenvalue weighted by molar-refractivity contribution is -0.136. The summed E-state index contributed by atoms with van der Waals surface area (Å²) in [7, 11) is 0. The highest BCUT2D eigenvalue weighted by atomic mass is 32.1. The average Bonchev–Trinajstić information content (AvgIpc) is 3.26. The van der Waals surface area contributed by atoms with Crippen molar-refractivity contribution in [3.8, 4) is 10.8 Å². The second kappa shape index (κ2) is 5.48. The van der Waals surface area contributed by atoms with E-state index < -0.39 is 11.7 Å². The summed E-state index contributed by atoms with van der Waals surface area (Å²) in [6, 6.07) is 9.32. The largest absolute Gasteiger partial charge is 0.417 e. The van der Waals surface area contributed by atoms with Gasteiger partial charge in [0.25, 0.3) is 5.89 Å². The molecule has 0 aliphatic rings. The summed E-state index contributed by atoms with van der Waals surface area (Å²) >= 11 is 1.48. The summed E-state index contributed by atoms with van der Waals surface area (Å²) in [5.41, 5.74) is -0.168. The van der Waals surface area contributed by atoms with E-state index in [4.69, 9.17) is 4.52 Å². The Hall–Kier alpha value is -2.61. The molecule has 0 bridgehead atoms. The molecule has 4 aromatic rings. The zero-order valence-corrected chi connectivity index (χ0v) is 12.9. The first-order valence-corrected chi connectivity index (χ1v) is 7.92. The number of thiophene rings is 1. The van der Waals surface area contributed by atoms with Crippen molar-refractivity contribution in [1.82, 2.24) is 14.7 Å². The molecule has 0 N–H and O–H groups in total. The summed E-state index contributed by atoms with van der Waals surface area (Å²) < 4.78 is 46.1. The van der Waals surface area contributed by atoms with Crippen molar-refractivity contribution in [2.75, 3.05) is 0 Å². The maximum Gasteiger partial charge on any atom is 0.417 e. The summed E-state index contributed by atoms with van der Waals surface area (Å²) in [5, 5.41) is 5.96. The summed E-state index contributed by atoms with van der Waals surface area (Å²) in [5.74, 6) is 0.820. The van der Waals surface area contributed by atoms with E-state index >= 15 is 0 Å². The molecule has 24 heavy (non-hydrogen) atoms. The van der Waals surface area contributed by atoms with Crippen molar-refractivity contribution in [3.63, 3.8) is 0 Å². The zero-order valence-electron chi connectivity index (χ0n) is 12.1. The van der Waals surface area contributed by atoms with Crippen LogP contribution in [0.25, 0.3) is 21.7 Å². The van der Waals surface area contributed by atoms with Crippen LogP contribution in [0.5, 0.6) is 0 Å². The number of aromatic nitrogens is 3. The van der Waals surface area contributed by atoms with Gasteiger partial charge in [0.15, 0.2) is 5.82 Å². The molecule has 4 rings (SSSR count). The molecular formula is C16H10F3N3OS. The van der Waals surface area contributed by atoms with E-state index in [9.17, 15) is 13.2 Å². The van der Waals surface area contributed by atoms with Crippen molar-refractivity contribution in [1.29, 1.82) is 0 Å². The van der Waals surface area contributed by atoms with Gasteiger partial charge in [0.2, 0.25) is 0 Å². The van der Waals surface area contributed by atoms with Gasteiger partial charge in [0.05, 0.1) is 17.0 Å². The molecule has 0 atom stereocenters. The molecular weight excluding hydrogens is 339 g/mol. The standard InChI is InChI=1S/C16H10F3N3OS/c17-16(18,19)11-3-1-4-12-10(11)6-7-22(12)9-14-20-15(23-21-14)13-5-2-8-24-13/h1-8H,9H2. The van der Waals surface area contributed by atoms with Crippen LogP contribution in [-0.4, -0.2) is 14.7 Å². The molecule has 0 amide bonds. The normalized spacial score (nSPS) is 12.1. The van der Waals surface area contributed by atoms with Crippen molar-refractivity contribution in [2.24, 2.45) is 0 Å². The molecule has 0 saturated heterocycles. The van der Waals surface area contributed by atoms with Crippen LogP contribution < -0.4 is 0 Å². The zero-order chi connectivity index (χ0) is 16.7. The Labute approximate surface area is 138 Å². The van der Waals surface area contributed by atoms with E-state index in [1.54, 1.807) is 16.8 Å². The van der Waals surface area contributed by atoms with Gasteiger partial charge in [0.1, 0.15) is 0 Å². The molecule has 0 aliphatic heterocycles. The number of alkyl halides is 3. The van der Waals surface area contributed by atoms with Gasteiger partial charge in [-0.05, 0) is 29.6 Å². The monoisotopic (exact) mass is 349 g/mol. The second-order valence-electron chi connectivity index (χ2n) is 5.17. The molecule has 3 aromatic heterocycles. The van der Waals surface area contributed by atoms with Crippen molar-refractivity contribution in [2.45, 2.75) is 12.7 Å². The van der Waals surface area contributed by atoms with Gasteiger partial charge in [-0.2, -0.15) is 18.2 Å².